The van der Waals surface area contributed by atoms with Gasteiger partial charge in [0.05, 0.1) is 11.2 Å². The van der Waals surface area contributed by atoms with Crippen LogP contribution in [0.3, 0.4) is 0 Å². The Labute approximate surface area is 126 Å². The Morgan fingerprint density at radius 2 is 2.20 bits per heavy atom. The van der Waals surface area contributed by atoms with Crippen LogP contribution in [0.1, 0.15) is 20.3 Å². The van der Waals surface area contributed by atoms with E-state index in [-0.39, 0.29) is 17.9 Å². The highest BCUT2D eigenvalue weighted by Gasteiger charge is 2.14. The second kappa shape index (κ2) is 6.33. The highest BCUT2D eigenvalue weighted by atomic mass is 79.9. The van der Waals surface area contributed by atoms with Crippen LogP contribution in [0.4, 0.5) is 5.69 Å². The number of amides is 1. The fraction of sp³-hybridized carbons (Fsp3) is 0.333. The van der Waals surface area contributed by atoms with Crippen molar-refractivity contribution in [1.82, 2.24) is 4.98 Å². The van der Waals surface area contributed by atoms with Gasteiger partial charge in [0.2, 0.25) is 5.91 Å². The number of anilines is 1. The lowest BCUT2D eigenvalue weighted by atomic mass is 10.0. The van der Waals surface area contributed by atoms with Crippen LogP contribution in [0.2, 0.25) is 0 Å². The van der Waals surface area contributed by atoms with E-state index >= 15 is 0 Å². The lowest BCUT2D eigenvalue weighted by Crippen LogP contribution is -2.31. The van der Waals surface area contributed by atoms with E-state index in [1.165, 1.54) is 0 Å². The number of aromatic nitrogens is 1. The maximum atomic E-state index is 12.0. The van der Waals surface area contributed by atoms with Crippen molar-refractivity contribution in [3.8, 4) is 0 Å². The predicted octanol–water partition coefficient (Wildman–Crippen LogP) is 3.31. The summed E-state index contributed by atoms with van der Waals surface area (Å²) in [5.74, 6) is 0.200. The molecule has 3 N–H and O–H groups in total. The van der Waals surface area contributed by atoms with Crippen LogP contribution < -0.4 is 11.1 Å². The Morgan fingerprint density at radius 3 is 2.90 bits per heavy atom. The maximum absolute atomic E-state index is 12.0. The summed E-state index contributed by atoms with van der Waals surface area (Å²) >= 11 is 3.39. The third-order valence-electron chi connectivity index (χ3n) is 3.23. The second-order valence-corrected chi connectivity index (χ2v) is 6.11. The zero-order valence-electron chi connectivity index (χ0n) is 11.6. The van der Waals surface area contributed by atoms with E-state index in [0.717, 1.165) is 21.1 Å². The van der Waals surface area contributed by atoms with Crippen LogP contribution in [0.25, 0.3) is 10.9 Å². The van der Waals surface area contributed by atoms with E-state index in [4.69, 9.17) is 5.73 Å². The molecule has 0 aliphatic rings. The lowest BCUT2D eigenvalue weighted by molar-refractivity contribution is -0.116. The van der Waals surface area contributed by atoms with Crippen molar-refractivity contribution in [3.63, 3.8) is 0 Å². The molecule has 1 aromatic carbocycles. The summed E-state index contributed by atoms with van der Waals surface area (Å²) in [7, 11) is 0. The van der Waals surface area contributed by atoms with Crippen LogP contribution in [-0.4, -0.2) is 16.9 Å². The number of hydrogen-bond donors (Lipinski definition) is 2. The smallest absolute Gasteiger partial charge is 0.226 e. The highest BCUT2D eigenvalue weighted by molar-refractivity contribution is 9.10. The molecule has 2 aromatic rings. The fourth-order valence-electron chi connectivity index (χ4n) is 1.89. The number of nitrogens with one attached hydrogen (secondary N) is 1. The summed E-state index contributed by atoms with van der Waals surface area (Å²) in [6.07, 6.45) is 2.03. The minimum atomic E-state index is -0.132. The second-order valence-electron chi connectivity index (χ2n) is 5.19. The number of hydrogen-bond acceptors (Lipinski definition) is 3. The first-order valence-corrected chi connectivity index (χ1v) is 7.36. The van der Waals surface area contributed by atoms with E-state index < -0.39 is 0 Å². The van der Waals surface area contributed by atoms with Gasteiger partial charge in [0.15, 0.2) is 0 Å². The molecule has 1 atom stereocenters. The molecule has 1 heterocycles. The Kier molecular flexibility index (Phi) is 4.73. The van der Waals surface area contributed by atoms with Crippen molar-refractivity contribution < 1.29 is 4.79 Å². The van der Waals surface area contributed by atoms with Gasteiger partial charge in [-0.05, 0) is 34.0 Å². The first kappa shape index (κ1) is 14.9. The summed E-state index contributed by atoms with van der Waals surface area (Å²) in [5.41, 5.74) is 7.42. The van der Waals surface area contributed by atoms with Crippen molar-refractivity contribution in [2.45, 2.75) is 26.3 Å². The number of fused-ring (bicyclic) bond motifs is 1. The van der Waals surface area contributed by atoms with Crippen LogP contribution in [-0.2, 0) is 4.79 Å². The number of carbonyl (C=O) groups is 1. The van der Waals surface area contributed by atoms with E-state index in [9.17, 15) is 4.79 Å². The Bertz CT molecular complexity index is 628. The molecule has 0 aliphatic carbocycles. The summed E-state index contributed by atoms with van der Waals surface area (Å²) < 4.78 is 0.912. The molecule has 20 heavy (non-hydrogen) atoms. The standard InChI is InChI=1S/C15H18BrN3O/c1-9(2)12(17)7-14(20)19-13-5-3-4-10-6-11(16)8-18-15(10)13/h3-6,8-9,12H,7,17H2,1-2H3,(H,19,20). The van der Waals surface area contributed by atoms with Crippen LogP contribution in [0.15, 0.2) is 34.9 Å². The third-order valence-corrected chi connectivity index (χ3v) is 3.66. The molecule has 1 unspecified atom stereocenters. The third kappa shape index (κ3) is 3.55. The van der Waals surface area contributed by atoms with Gasteiger partial charge in [-0.1, -0.05) is 26.0 Å². The SMILES string of the molecule is CC(C)C(N)CC(=O)Nc1cccc2cc(Br)cnc12. The van der Waals surface area contributed by atoms with E-state index in [1.54, 1.807) is 6.20 Å². The largest absolute Gasteiger partial charge is 0.327 e. The Balaban J connectivity index is 2.19. The molecule has 0 aliphatic heterocycles. The molecule has 5 heteroatoms. The van der Waals surface area contributed by atoms with E-state index in [2.05, 4.69) is 26.2 Å². The zero-order valence-corrected chi connectivity index (χ0v) is 13.1. The molecular weight excluding hydrogens is 318 g/mol. The highest BCUT2D eigenvalue weighted by Crippen LogP contribution is 2.24. The molecule has 1 aromatic heterocycles. The number of rotatable bonds is 4. The predicted molar refractivity (Wildman–Crippen MR) is 85.5 cm³/mol. The molecule has 2 rings (SSSR count). The van der Waals surface area contributed by atoms with Gasteiger partial charge in [-0.15, -0.1) is 0 Å². The number of benzene rings is 1. The average molecular weight is 336 g/mol. The average Bonchev–Trinajstić information content (AvgIpc) is 2.38. The van der Waals surface area contributed by atoms with Crippen molar-refractivity contribution in [1.29, 1.82) is 0 Å². The van der Waals surface area contributed by atoms with Gasteiger partial charge in [-0.3, -0.25) is 9.78 Å². The van der Waals surface area contributed by atoms with E-state index in [0.29, 0.717) is 6.42 Å². The lowest BCUT2D eigenvalue weighted by Gasteiger charge is -2.15. The summed E-state index contributed by atoms with van der Waals surface area (Å²) in [6.45, 7) is 4.02. The molecule has 0 radical (unpaired) electrons. The zero-order chi connectivity index (χ0) is 14.7. The van der Waals surface area contributed by atoms with Crippen LogP contribution in [0.5, 0.6) is 0 Å². The molecule has 1 amide bonds. The number of pyridine rings is 1. The van der Waals surface area contributed by atoms with Gasteiger partial charge >= 0.3 is 0 Å². The molecule has 4 nitrogen and oxygen atoms in total. The minimum Gasteiger partial charge on any atom is -0.327 e. The minimum absolute atomic E-state index is 0.0802. The summed E-state index contributed by atoms with van der Waals surface area (Å²) in [5, 5.41) is 3.87. The van der Waals surface area contributed by atoms with Crippen molar-refractivity contribution in [2.75, 3.05) is 5.32 Å². The molecule has 0 fully saturated rings. The number of carbonyl (C=O) groups excluding carboxylic acids is 1. The number of halogens is 1. The summed E-state index contributed by atoms with van der Waals surface area (Å²) in [6, 6.07) is 7.55. The van der Waals surface area contributed by atoms with Gasteiger partial charge in [0.1, 0.15) is 0 Å². The van der Waals surface area contributed by atoms with Gasteiger partial charge in [0.25, 0.3) is 0 Å². The number of para-hydroxylation sites is 1. The van der Waals surface area contributed by atoms with Crippen LogP contribution >= 0.6 is 15.9 Å². The first-order chi connectivity index (χ1) is 9.47. The monoisotopic (exact) mass is 335 g/mol. The normalized spacial score (nSPS) is 12.7. The molecular formula is C15H18BrN3O. The van der Waals surface area contributed by atoms with Crippen LogP contribution in [0, 0.1) is 5.92 Å². The first-order valence-electron chi connectivity index (χ1n) is 6.57. The topological polar surface area (TPSA) is 68.0 Å². The molecule has 0 bridgehead atoms. The van der Waals surface area contributed by atoms with Gasteiger partial charge in [-0.25, -0.2) is 0 Å². The van der Waals surface area contributed by atoms with Gasteiger partial charge in [-0.2, -0.15) is 0 Å². The fourth-order valence-corrected chi connectivity index (χ4v) is 2.23. The molecule has 0 saturated carbocycles. The van der Waals surface area contributed by atoms with Crippen molar-refractivity contribution in [3.05, 3.63) is 34.9 Å². The van der Waals surface area contributed by atoms with Crippen molar-refractivity contribution in [2.24, 2.45) is 11.7 Å². The van der Waals surface area contributed by atoms with Gasteiger partial charge < -0.3 is 11.1 Å². The summed E-state index contributed by atoms with van der Waals surface area (Å²) in [4.78, 5) is 16.4. The number of nitrogens with zero attached hydrogens (tertiary/aromatic N) is 1. The Hall–Kier alpha value is -1.46. The Morgan fingerprint density at radius 1 is 1.45 bits per heavy atom. The maximum Gasteiger partial charge on any atom is 0.226 e. The number of nitrogens with two attached hydrogens (primary N) is 1. The van der Waals surface area contributed by atoms with Gasteiger partial charge in [0, 0.05) is 28.5 Å². The quantitative estimate of drug-likeness (QED) is 0.900. The van der Waals surface area contributed by atoms with E-state index in [1.807, 2.05) is 38.1 Å². The molecule has 0 saturated heterocycles. The molecule has 0 spiro atoms. The van der Waals surface area contributed by atoms with Crippen molar-refractivity contribution >= 4 is 38.4 Å². The molecule has 106 valence electrons.